The van der Waals surface area contributed by atoms with Crippen molar-refractivity contribution in [2.24, 2.45) is 5.92 Å². The number of carbonyl (C=O) groups is 1. The van der Waals surface area contributed by atoms with Crippen LogP contribution in [0.2, 0.25) is 0 Å². The fourth-order valence-corrected chi connectivity index (χ4v) is 2.09. The molecule has 3 nitrogen and oxygen atoms in total. The maximum absolute atomic E-state index is 12.0. The van der Waals surface area contributed by atoms with E-state index < -0.39 is 0 Å². The normalized spacial score (nSPS) is 12.2. The first-order chi connectivity index (χ1) is 8.56. The van der Waals surface area contributed by atoms with Gasteiger partial charge in [0.1, 0.15) is 0 Å². The highest BCUT2D eigenvalue weighted by Crippen LogP contribution is 2.15. The van der Waals surface area contributed by atoms with Crippen molar-refractivity contribution in [2.75, 3.05) is 26.4 Å². The summed E-state index contributed by atoms with van der Waals surface area (Å²) in [5.74, 6) is 0.0389. The van der Waals surface area contributed by atoms with Gasteiger partial charge >= 0.3 is 0 Å². The summed E-state index contributed by atoms with van der Waals surface area (Å²) in [6.45, 7) is 2.82. The molecule has 0 saturated carbocycles. The number of carbonyl (C=O) groups excluding carboxylic acids is 1. The van der Waals surface area contributed by atoms with Crippen LogP contribution in [0.25, 0.3) is 0 Å². The average molecular weight is 262 g/mol. The SMILES string of the molecule is CSc1ccc(C(=O)CN(C)CC(C)C#N)cc1. The van der Waals surface area contributed by atoms with Gasteiger partial charge in [-0.25, -0.2) is 0 Å². The molecule has 0 aliphatic rings. The molecule has 0 fully saturated rings. The zero-order valence-corrected chi connectivity index (χ0v) is 11.8. The van der Waals surface area contributed by atoms with Crippen LogP contribution < -0.4 is 0 Å². The molecule has 1 aromatic carbocycles. The first kappa shape index (κ1) is 14.7. The van der Waals surface area contributed by atoms with Gasteiger partial charge in [-0.15, -0.1) is 11.8 Å². The topological polar surface area (TPSA) is 44.1 Å². The molecule has 0 saturated heterocycles. The molecule has 0 bridgehead atoms. The number of benzene rings is 1. The summed E-state index contributed by atoms with van der Waals surface area (Å²) in [7, 11) is 1.86. The number of hydrogen-bond acceptors (Lipinski definition) is 4. The summed E-state index contributed by atoms with van der Waals surface area (Å²) in [6, 6.07) is 9.79. The number of nitriles is 1. The Hall–Kier alpha value is -1.31. The lowest BCUT2D eigenvalue weighted by Crippen LogP contribution is -2.29. The van der Waals surface area contributed by atoms with Crippen LogP contribution >= 0.6 is 11.8 Å². The lowest BCUT2D eigenvalue weighted by molar-refractivity contribution is 0.0942. The van der Waals surface area contributed by atoms with Crippen LogP contribution in [0.4, 0.5) is 0 Å². The Balaban J connectivity index is 2.56. The van der Waals surface area contributed by atoms with E-state index in [0.29, 0.717) is 13.1 Å². The van der Waals surface area contributed by atoms with Crippen molar-refractivity contribution in [3.8, 4) is 6.07 Å². The van der Waals surface area contributed by atoms with Crippen molar-refractivity contribution in [3.63, 3.8) is 0 Å². The van der Waals surface area contributed by atoms with Gasteiger partial charge in [0.05, 0.1) is 18.5 Å². The molecule has 0 aromatic heterocycles. The third-order valence-electron chi connectivity index (χ3n) is 2.63. The Kier molecular flexibility index (Phi) is 5.90. The standard InChI is InChI=1S/C14H18N2OS/c1-11(8-15)9-16(2)10-14(17)12-4-6-13(18-3)7-5-12/h4-7,11H,9-10H2,1-3H3. The quantitative estimate of drug-likeness (QED) is 0.584. The van der Waals surface area contributed by atoms with E-state index in [1.807, 2.05) is 49.4 Å². The fourth-order valence-electron chi connectivity index (χ4n) is 1.69. The number of rotatable bonds is 6. The van der Waals surface area contributed by atoms with Crippen molar-refractivity contribution in [1.29, 1.82) is 5.26 Å². The second kappa shape index (κ2) is 7.20. The van der Waals surface area contributed by atoms with Gasteiger partial charge in [0.2, 0.25) is 0 Å². The number of nitrogens with zero attached hydrogens (tertiary/aromatic N) is 2. The van der Waals surface area contributed by atoms with E-state index in [1.165, 1.54) is 0 Å². The van der Waals surface area contributed by atoms with Crippen molar-refractivity contribution in [3.05, 3.63) is 29.8 Å². The van der Waals surface area contributed by atoms with Gasteiger partial charge in [-0.3, -0.25) is 9.69 Å². The van der Waals surface area contributed by atoms with Gasteiger partial charge in [-0.2, -0.15) is 5.26 Å². The maximum atomic E-state index is 12.0. The Morgan fingerprint density at radius 2 is 2.06 bits per heavy atom. The fraction of sp³-hybridized carbons (Fsp3) is 0.429. The molecular weight excluding hydrogens is 244 g/mol. The Bertz CT molecular complexity index is 436. The highest BCUT2D eigenvalue weighted by Gasteiger charge is 2.11. The van der Waals surface area contributed by atoms with Crippen LogP contribution in [-0.4, -0.2) is 37.1 Å². The molecule has 0 heterocycles. The highest BCUT2D eigenvalue weighted by atomic mass is 32.2. The molecule has 1 unspecified atom stereocenters. The summed E-state index contributed by atoms with van der Waals surface area (Å²) in [5.41, 5.74) is 0.726. The minimum Gasteiger partial charge on any atom is -0.298 e. The third kappa shape index (κ3) is 4.52. The molecule has 0 spiro atoms. The summed E-state index contributed by atoms with van der Waals surface area (Å²) in [5, 5.41) is 8.73. The predicted octanol–water partition coefficient (Wildman–Crippen LogP) is 2.68. The monoisotopic (exact) mass is 262 g/mol. The van der Waals surface area contributed by atoms with Crippen molar-refractivity contribution < 1.29 is 4.79 Å². The lowest BCUT2D eigenvalue weighted by atomic mass is 10.1. The minimum atomic E-state index is -0.0540. The van der Waals surface area contributed by atoms with Gasteiger partial charge in [0.15, 0.2) is 5.78 Å². The summed E-state index contributed by atoms with van der Waals surface area (Å²) in [6.07, 6.45) is 2.01. The number of ketones is 1. The van der Waals surface area contributed by atoms with Crippen LogP contribution in [0, 0.1) is 17.2 Å². The first-order valence-electron chi connectivity index (χ1n) is 5.82. The van der Waals surface area contributed by atoms with Gasteiger partial charge in [0.25, 0.3) is 0 Å². The molecule has 0 aliphatic carbocycles. The largest absolute Gasteiger partial charge is 0.298 e. The molecule has 0 radical (unpaired) electrons. The summed E-state index contributed by atoms with van der Waals surface area (Å²) in [4.78, 5) is 15.0. The molecule has 18 heavy (non-hydrogen) atoms. The Labute approximate surface area is 113 Å². The van der Waals surface area contributed by atoms with E-state index >= 15 is 0 Å². The van der Waals surface area contributed by atoms with Gasteiger partial charge in [-0.1, -0.05) is 12.1 Å². The second-order valence-corrected chi connectivity index (χ2v) is 5.26. The van der Waals surface area contributed by atoms with E-state index in [1.54, 1.807) is 11.8 Å². The molecule has 1 atom stereocenters. The molecule has 4 heteroatoms. The van der Waals surface area contributed by atoms with E-state index in [0.717, 1.165) is 10.5 Å². The van der Waals surface area contributed by atoms with Crippen molar-refractivity contribution in [2.45, 2.75) is 11.8 Å². The third-order valence-corrected chi connectivity index (χ3v) is 3.38. The summed E-state index contributed by atoms with van der Waals surface area (Å²) >= 11 is 1.66. The van der Waals surface area contributed by atoms with Crippen LogP contribution in [0.15, 0.2) is 29.2 Å². The van der Waals surface area contributed by atoms with E-state index in [9.17, 15) is 4.79 Å². The molecule has 1 aromatic rings. The van der Waals surface area contributed by atoms with Gasteiger partial charge in [-0.05, 0) is 32.4 Å². The van der Waals surface area contributed by atoms with Gasteiger partial charge in [0, 0.05) is 17.0 Å². The summed E-state index contributed by atoms with van der Waals surface area (Å²) < 4.78 is 0. The number of thioether (sulfide) groups is 1. The zero-order chi connectivity index (χ0) is 13.5. The van der Waals surface area contributed by atoms with Gasteiger partial charge < -0.3 is 0 Å². The Morgan fingerprint density at radius 3 is 2.56 bits per heavy atom. The molecule has 0 aliphatic heterocycles. The molecule has 0 N–H and O–H groups in total. The number of likely N-dealkylation sites (N-methyl/N-ethyl adjacent to an activating group) is 1. The van der Waals surface area contributed by atoms with E-state index in [-0.39, 0.29) is 11.7 Å². The number of hydrogen-bond donors (Lipinski definition) is 0. The van der Waals surface area contributed by atoms with Crippen LogP contribution in [-0.2, 0) is 0 Å². The van der Waals surface area contributed by atoms with Crippen molar-refractivity contribution in [1.82, 2.24) is 4.90 Å². The predicted molar refractivity (Wildman–Crippen MR) is 74.8 cm³/mol. The zero-order valence-electron chi connectivity index (χ0n) is 11.0. The first-order valence-corrected chi connectivity index (χ1v) is 7.04. The molecule has 0 amide bonds. The van der Waals surface area contributed by atoms with Crippen molar-refractivity contribution >= 4 is 17.5 Å². The molecule has 1 rings (SSSR count). The average Bonchev–Trinajstić information content (AvgIpc) is 2.38. The van der Waals surface area contributed by atoms with Crippen LogP contribution in [0.3, 0.4) is 0 Å². The van der Waals surface area contributed by atoms with E-state index in [4.69, 9.17) is 5.26 Å². The molecule has 96 valence electrons. The van der Waals surface area contributed by atoms with Crippen LogP contribution in [0.5, 0.6) is 0 Å². The minimum absolute atomic E-state index is 0.0540. The highest BCUT2D eigenvalue weighted by molar-refractivity contribution is 7.98. The lowest BCUT2D eigenvalue weighted by Gasteiger charge is -2.16. The number of Topliss-reactive ketones (excluding diaryl/α,β-unsaturated/α-hetero) is 1. The second-order valence-electron chi connectivity index (χ2n) is 4.38. The van der Waals surface area contributed by atoms with E-state index in [2.05, 4.69) is 6.07 Å². The van der Waals surface area contributed by atoms with Crippen LogP contribution in [0.1, 0.15) is 17.3 Å². The Morgan fingerprint density at radius 1 is 1.44 bits per heavy atom. The maximum Gasteiger partial charge on any atom is 0.176 e. The molecular formula is C14H18N2OS. The smallest absolute Gasteiger partial charge is 0.176 e.